The van der Waals surface area contributed by atoms with E-state index in [0.717, 1.165) is 11.4 Å². The fourth-order valence-electron chi connectivity index (χ4n) is 2.03. The highest BCUT2D eigenvalue weighted by Crippen LogP contribution is 2.04. The van der Waals surface area contributed by atoms with E-state index in [1.807, 2.05) is 0 Å². The molecule has 124 valence electrons. The van der Waals surface area contributed by atoms with E-state index in [4.69, 9.17) is 16.2 Å². The van der Waals surface area contributed by atoms with Crippen LogP contribution < -0.4 is 11.5 Å². The number of nitrogens with two attached hydrogens (primary N) is 2. The van der Waals surface area contributed by atoms with E-state index in [9.17, 15) is 9.59 Å². The number of ether oxygens (including phenoxy) is 1. The largest absolute Gasteiger partial charge is 0.391 e. The van der Waals surface area contributed by atoms with Gasteiger partial charge in [-0.2, -0.15) is 0 Å². The van der Waals surface area contributed by atoms with Gasteiger partial charge in [-0.05, 0) is 0 Å². The maximum atomic E-state index is 11.9. The Kier molecular flexibility index (Phi) is 5.24. The predicted octanol–water partition coefficient (Wildman–Crippen LogP) is -1.34. The van der Waals surface area contributed by atoms with Gasteiger partial charge in [-0.3, -0.25) is 0 Å². The summed E-state index contributed by atoms with van der Waals surface area (Å²) in [4.78, 5) is 31.7. The third-order valence-electron chi connectivity index (χ3n) is 3.50. The lowest BCUT2D eigenvalue weighted by Gasteiger charge is -2.14. The van der Waals surface area contributed by atoms with E-state index in [1.165, 1.54) is 0 Å². The predicted molar refractivity (Wildman–Crippen MR) is 80.9 cm³/mol. The lowest BCUT2D eigenvalue weighted by molar-refractivity contribution is -0.161. The number of aryl methyl sites for hydroxylation is 2. The first kappa shape index (κ1) is 16.8. The van der Waals surface area contributed by atoms with E-state index in [1.54, 1.807) is 48.3 Å². The van der Waals surface area contributed by atoms with Crippen LogP contribution in [-0.4, -0.2) is 43.1 Å². The van der Waals surface area contributed by atoms with Gasteiger partial charge in [0.15, 0.2) is 0 Å². The number of carbonyl (C=O) groups excluding carboxylic acids is 2. The molecule has 2 aromatic heterocycles. The minimum atomic E-state index is -0.960. The van der Waals surface area contributed by atoms with Crippen molar-refractivity contribution in [2.75, 3.05) is 0 Å². The summed E-state index contributed by atoms with van der Waals surface area (Å²) in [5, 5.41) is 0. The van der Waals surface area contributed by atoms with Gasteiger partial charge in [0.05, 0.1) is 12.7 Å². The SMILES string of the molecule is Cn1cncc1C[C@H](N)C(=O)OC(=O)[C@@H](N)Cc1cncn1C. The van der Waals surface area contributed by atoms with Gasteiger partial charge < -0.3 is 25.3 Å². The van der Waals surface area contributed by atoms with Crippen molar-refractivity contribution in [1.29, 1.82) is 0 Å². The normalized spacial score (nSPS) is 13.6. The molecule has 0 aromatic carbocycles. The number of rotatable bonds is 6. The molecule has 2 heterocycles. The first-order valence-corrected chi connectivity index (χ1v) is 7.05. The molecule has 4 N–H and O–H groups in total. The molecule has 0 aliphatic carbocycles. The molecule has 0 saturated carbocycles. The van der Waals surface area contributed by atoms with Crippen molar-refractivity contribution in [3.63, 3.8) is 0 Å². The van der Waals surface area contributed by atoms with Crippen molar-refractivity contribution in [1.82, 2.24) is 19.1 Å². The van der Waals surface area contributed by atoms with Crippen LogP contribution in [0.1, 0.15) is 11.4 Å². The second-order valence-corrected chi connectivity index (χ2v) is 5.35. The molecule has 0 spiro atoms. The molecule has 0 unspecified atom stereocenters. The van der Waals surface area contributed by atoms with Gasteiger partial charge in [-0.15, -0.1) is 0 Å². The summed E-state index contributed by atoms with van der Waals surface area (Å²) in [5.74, 6) is -1.62. The molecule has 0 aliphatic heterocycles. The number of esters is 2. The number of carbonyl (C=O) groups is 2. The Balaban J connectivity index is 1.87. The summed E-state index contributed by atoms with van der Waals surface area (Å²) < 4.78 is 8.24. The lowest BCUT2D eigenvalue weighted by Crippen LogP contribution is -2.41. The second-order valence-electron chi connectivity index (χ2n) is 5.35. The molecule has 0 bridgehead atoms. The summed E-state index contributed by atoms with van der Waals surface area (Å²) >= 11 is 0. The zero-order chi connectivity index (χ0) is 17.0. The number of hydrogen-bond acceptors (Lipinski definition) is 7. The molecule has 23 heavy (non-hydrogen) atoms. The van der Waals surface area contributed by atoms with Crippen LogP contribution >= 0.6 is 0 Å². The van der Waals surface area contributed by atoms with Crippen molar-refractivity contribution in [3.05, 3.63) is 36.4 Å². The molecule has 0 aliphatic rings. The number of nitrogens with zero attached hydrogens (tertiary/aromatic N) is 4. The molecular formula is C14H20N6O3. The average Bonchev–Trinajstić information content (AvgIpc) is 3.08. The van der Waals surface area contributed by atoms with Crippen molar-refractivity contribution < 1.29 is 14.3 Å². The molecule has 2 aromatic rings. The lowest BCUT2D eigenvalue weighted by atomic mass is 10.1. The maximum absolute atomic E-state index is 11.9. The molecule has 0 radical (unpaired) electrons. The van der Waals surface area contributed by atoms with Crippen molar-refractivity contribution >= 4 is 11.9 Å². The van der Waals surface area contributed by atoms with Gasteiger partial charge in [-0.25, -0.2) is 19.6 Å². The zero-order valence-corrected chi connectivity index (χ0v) is 13.0. The van der Waals surface area contributed by atoms with Gasteiger partial charge in [0.2, 0.25) is 0 Å². The first-order valence-electron chi connectivity index (χ1n) is 7.05. The van der Waals surface area contributed by atoms with Crippen LogP contribution in [0.25, 0.3) is 0 Å². The third-order valence-corrected chi connectivity index (χ3v) is 3.50. The molecular weight excluding hydrogens is 300 g/mol. The third kappa shape index (κ3) is 4.24. The van der Waals surface area contributed by atoms with E-state index in [-0.39, 0.29) is 12.8 Å². The zero-order valence-electron chi connectivity index (χ0n) is 13.0. The summed E-state index contributed by atoms with van der Waals surface area (Å²) in [6, 6.07) is -1.92. The summed E-state index contributed by atoms with van der Waals surface area (Å²) in [5.41, 5.74) is 13.1. The Labute approximate surface area is 133 Å². The second kappa shape index (κ2) is 7.16. The molecule has 0 fully saturated rings. The molecule has 2 rings (SSSR count). The van der Waals surface area contributed by atoms with Crippen molar-refractivity contribution in [2.24, 2.45) is 25.6 Å². The molecule has 9 nitrogen and oxygen atoms in total. The van der Waals surface area contributed by atoms with Crippen LogP contribution in [0.5, 0.6) is 0 Å². The fourth-order valence-corrected chi connectivity index (χ4v) is 2.03. The molecule has 0 saturated heterocycles. The Hall–Kier alpha value is -2.52. The van der Waals surface area contributed by atoms with E-state index in [0.29, 0.717) is 0 Å². The van der Waals surface area contributed by atoms with Crippen LogP contribution in [0.4, 0.5) is 0 Å². The van der Waals surface area contributed by atoms with Crippen LogP contribution in [0, 0.1) is 0 Å². The Morgan fingerprint density at radius 2 is 1.39 bits per heavy atom. The summed E-state index contributed by atoms with van der Waals surface area (Å²) in [6.45, 7) is 0. The van der Waals surface area contributed by atoms with Crippen molar-refractivity contribution in [3.8, 4) is 0 Å². The molecule has 9 heteroatoms. The van der Waals surface area contributed by atoms with E-state index >= 15 is 0 Å². The van der Waals surface area contributed by atoms with Crippen LogP contribution in [-0.2, 0) is 41.3 Å². The van der Waals surface area contributed by atoms with Gasteiger partial charge >= 0.3 is 11.9 Å². The monoisotopic (exact) mass is 320 g/mol. The maximum Gasteiger partial charge on any atom is 0.330 e. The number of imidazole rings is 2. The van der Waals surface area contributed by atoms with Gasteiger partial charge in [0.25, 0.3) is 0 Å². The number of aromatic nitrogens is 4. The minimum Gasteiger partial charge on any atom is -0.391 e. The average molecular weight is 320 g/mol. The first-order chi connectivity index (χ1) is 10.9. The van der Waals surface area contributed by atoms with Gasteiger partial charge in [0, 0.05) is 50.7 Å². The highest BCUT2D eigenvalue weighted by Gasteiger charge is 2.24. The highest BCUT2D eigenvalue weighted by molar-refractivity contribution is 5.90. The summed E-state index contributed by atoms with van der Waals surface area (Å²) in [6.07, 6.45) is 6.84. The molecule has 2 atom stereocenters. The van der Waals surface area contributed by atoms with E-state index < -0.39 is 24.0 Å². The van der Waals surface area contributed by atoms with Crippen LogP contribution in [0.15, 0.2) is 25.0 Å². The molecule has 0 amide bonds. The standard InChI is InChI=1S/C14H20N6O3/c1-19-7-17-5-9(19)3-11(15)13(21)23-14(22)12(16)4-10-6-18-8-20(10)2/h5-8,11-12H,3-4,15-16H2,1-2H3/t11-,12-/m0/s1. The summed E-state index contributed by atoms with van der Waals surface area (Å²) in [7, 11) is 3.57. The Bertz CT molecular complexity index is 634. The van der Waals surface area contributed by atoms with E-state index in [2.05, 4.69) is 9.97 Å². The highest BCUT2D eigenvalue weighted by atomic mass is 16.6. The van der Waals surface area contributed by atoms with Gasteiger partial charge in [0.1, 0.15) is 12.1 Å². The Morgan fingerprint density at radius 3 is 1.70 bits per heavy atom. The topological polar surface area (TPSA) is 131 Å². The van der Waals surface area contributed by atoms with Crippen molar-refractivity contribution in [2.45, 2.75) is 24.9 Å². The van der Waals surface area contributed by atoms with Gasteiger partial charge in [-0.1, -0.05) is 0 Å². The Morgan fingerprint density at radius 1 is 1.00 bits per heavy atom. The number of hydrogen-bond donors (Lipinski definition) is 2. The quantitative estimate of drug-likeness (QED) is 0.497. The fraction of sp³-hybridized carbons (Fsp3) is 0.429. The minimum absolute atomic E-state index is 0.222. The van der Waals surface area contributed by atoms with Crippen LogP contribution in [0.3, 0.4) is 0 Å². The smallest absolute Gasteiger partial charge is 0.330 e. The van der Waals surface area contributed by atoms with Crippen LogP contribution in [0.2, 0.25) is 0 Å².